The number of fused-ring (bicyclic) bond motifs is 1. The monoisotopic (exact) mass is 291 g/mol. The maximum atomic E-state index is 12.3. The number of benzene rings is 1. The molecule has 5 nitrogen and oxygen atoms in total. The summed E-state index contributed by atoms with van der Waals surface area (Å²) in [5, 5.41) is 2.99. The van der Waals surface area contributed by atoms with Gasteiger partial charge in [0.1, 0.15) is 12.7 Å². The maximum absolute atomic E-state index is 12.3. The van der Waals surface area contributed by atoms with E-state index in [9.17, 15) is 4.79 Å². The van der Waals surface area contributed by atoms with E-state index in [1.807, 2.05) is 24.3 Å². The van der Waals surface area contributed by atoms with Crippen LogP contribution in [0.3, 0.4) is 0 Å². The highest BCUT2D eigenvalue weighted by Crippen LogP contribution is 2.41. The van der Waals surface area contributed by atoms with Gasteiger partial charge in [0.25, 0.3) is 0 Å². The first-order valence-corrected chi connectivity index (χ1v) is 7.39. The van der Waals surface area contributed by atoms with E-state index >= 15 is 0 Å². The van der Waals surface area contributed by atoms with E-state index in [-0.39, 0.29) is 17.4 Å². The average molecular weight is 291 g/mol. The Bertz CT molecular complexity index is 513. The van der Waals surface area contributed by atoms with Gasteiger partial charge in [-0.1, -0.05) is 18.6 Å². The van der Waals surface area contributed by atoms with E-state index in [1.54, 1.807) is 7.11 Å². The van der Waals surface area contributed by atoms with Crippen molar-refractivity contribution in [2.75, 3.05) is 26.9 Å². The number of methoxy groups -OCH3 is 1. The maximum Gasteiger partial charge on any atom is 0.228 e. The van der Waals surface area contributed by atoms with E-state index in [0.717, 1.165) is 30.8 Å². The summed E-state index contributed by atoms with van der Waals surface area (Å²) in [6.07, 6.45) is 2.74. The zero-order valence-corrected chi connectivity index (χ0v) is 12.3. The molecule has 1 aromatic rings. The van der Waals surface area contributed by atoms with Crippen molar-refractivity contribution in [1.82, 2.24) is 5.32 Å². The standard InChI is InChI=1S/C16H21NO4/c1-19-11-16(7-4-8-16)15(18)17-9-12-10-20-13-5-2-3-6-14(13)21-12/h2-3,5-6,12H,4,7-11H2,1H3,(H,17,18). The number of carbonyl (C=O) groups is 1. The Hall–Kier alpha value is -1.75. The summed E-state index contributed by atoms with van der Waals surface area (Å²) >= 11 is 0. The summed E-state index contributed by atoms with van der Waals surface area (Å²) in [5.74, 6) is 1.56. The van der Waals surface area contributed by atoms with E-state index in [0.29, 0.717) is 19.8 Å². The molecule has 5 heteroatoms. The summed E-state index contributed by atoms with van der Waals surface area (Å²) in [7, 11) is 1.64. The SMILES string of the molecule is COCC1(C(=O)NCC2COc3ccccc3O2)CCC1. The number of para-hydroxylation sites is 2. The minimum atomic E-state index is -0.331. The molecule has 1 aromatic carbocycles. The largest absolute Gasteiger partial charge is 0.486 e. The molecule has 1 atom stereocenters. The lowest BCUT2D eigenvalue weighted by Gasteiger charge is -2.39. The van der Waals surface area contributed by atoms with Crippen molar-refractivity contribution in [1.29, 1.82) is 0 Å². The number of hydrogen-bond acceptors (Lipinski definition) is 4. The van der Waals surface area contributed by atoms with Crippen LogP contribution in [0.5, 0.6) is 11.5 Å². The van der Waals surface area contributed by atoms with Crippen molar-refractivity contribution in [3.63, 3.8) is 0 Å². The second-order valence-corrected chi connectivity index (χ2v) is 5.77. The molecule has 1 fully saturated rings. The normalized spacial score (nSPS) is 22.2. The van der Waals surface area contributed by atoms with Crippen LogP contribution in [0, 0.1) is 5.41 Å². The Labute approximate surface area is 124 Å². The first kappa shape index (κ1) is 14.2. The Morgan fingerprint density at radius 1 is 1.38 bits per heavy atom. The van der Waals surface area contributed by atoms with Gasteiger partial charge in [-0.3, -0.25) is 4.79 Å². The number of ether oxygens (including phenoxy) is 3. The topological polar surface area (TPSA) is 56.8 Å². The molecule has 1 amide bonds. The third-order valence-corrected chi connectivity index (χ3v) is 4.27. The number of nitrogens with one attached hydrogen (secondary N) is 1. The lowest BCUT2D eigenvalue weighted by atomic mass is 9.68. The quantitative estimate of drug-likeness (QED) is 0.898. The minimum absolute atomic E-state index is 0.0676. The second-order valence-electron chi connectivity index (χ2n) is 5.77. The molecule has 21 heavy (non-hydrogen) atoms. The van der Waals surface area contributed by atoms with E-state index in [2.05, 4.69) is 5.32 Å². The fourth-order valence-electron chi connectivity index (χ4n) is 2.87. The molecule has 1 saturated carbocycles. The predicted molar refractivity (Wildman–Crippen MR) is 77.5 cm³/mol. The molecule has 0 spiro atoms. The van der Waals surface area contributed by atoms with Crippen LogP contribution in [0.4, 0.5) is 0 Å². The molecule has 1 heterocycles. The van der Waals surface area contributed by atoms with Crippen LogP contribution in [0.2, 0.25) is 0 Å². The van der Waals surface area contributed by atoms with E-state index in [4.69, 9.17) is 14.2 Å². The molecule has 0 aromatic heterocycles. The van der Waals surface area contributed by atoms with E-state index in [1.165, 1.54) is 0 Å². The molecule has 0 radical (unpaired) electrons. The van der Waals surface area contributed by atoms with Crippen LogP contribution in [0.1, 0.15) is 19.3 Å². The van der Waals surface area contributed by atoms with Crippen LogP contribution < -0.4 is 14.8 Å². The summed E-state index contributed by atoms with van der Waals surface area (Å²) in [4.78, 5) is 12.3. The summed E-state index contributed by atoms with van der Waals surface area (Å²) in [5.41, 5.74) is -0.331. The van der Waals surface area contributed by atoms with Crippen molar-refractivity contribution in [2.24, 2.45) is 5.41 Å². The van der Waals surface area contributed by atoms with Gasteiger partial charge in [0, 0.05) is 7.11 Å². The Balaban J connectivity index is 1.53. The fraction of sp³-hybridized carbons (Fsp3) is 0.562. The van der Waals surface area contributed by atoms with Crippen molar-refractivity contribution in [3.05, 3.63) is 24.3 Å². The number of carbonyl (C=O) groups excluding carboxylic acids is 1. The lowest BCUT2D eigenvalue weighted by molar-refractivity contribution is -0.141. The van der Waals surface area contributed by atoms with Crippen molar-refractivity contribution in [2.45, 2.75) is 25.4 Å². The molecule has 1 N–H and O–H groups in total. The van der Waals surface area contributed by atoms with Crippen molar-refractivity contribution in [3.8, 4) is 11.5 Å². The molecule has 3 rings (SSSR count). The Morgan fingerprint density at radius 3 is 2.81 bits per heavy atom. The number of rotatable bonds is 5. The zero-order valence-electron chi connectivity index (χ0n) is 12.3. The highest BCUT2D eigenvalue weighted by molar-refractivity contribution is 5.83. The van der Waals surface area contributed by atoms with Gasteiger partial charge in [0.05, 0.1) is 18.6 Å². The summed E-state index contributed by atoms with van der Waals surface area (Å²) in [6.45, 7) is 1.40. The number of amides is 1. The fourth-order valence-corrected chi connectivity index (χ4v) is 2.87. The summed E-state index contributed by atoms with van der Waals surface area (Å²) in [6, 6.07) is 7.58. The molecule has 1 unspecified atom stereocenters. The van der Waals surface area contributed by atoms with Crippen LogP contribution >= 0.6 is 0 Å². The summed E-state index contributed by atoms with van der Waals surface area (Å²) < 4.78 is 16.7. The highest BCUT2D eigenvalue weighted by atomic mass is 16.6. The van der Waals surface area contributed by atoms with Crippen LogP contribution in [0.25, 0.3) is 0 Å². The van der Waals surface area contributed by atoms with Gasteiger partial charge < -0.3 is 19.5 Å². The molecular formula is C16H21NO4. The third-order valence-electron chi connectivity index (χ3n) is 4.27. The Morgan fingerprint density at radius 2 is 2.14 bits per heavy atom. The molecule has 2 aliphatic rings. The first-order valence-electron chi connectivity index (χ1n) is 7.39. The second kappa shape index (κ2) is 5.93. The molecule has 1 aliphatic carbocycles. The van der Waals surface area contributed by atoms with Gasteiger partial charge in [-0.25, -0.2) is 0 Å². The van der Waals surface area contributed by atoms with Crippen molar-refractivity contribution >= 4 is 5.91 Å². The highest BCUT2D eigenvalue weighted by Gasteiger charge is 2.44. The van der Waals surface area contributed by atoms with Crippen molar-refractivity contribution < 1.29 is 19.0 Å². The molecule has 114 valence electrons. The molecule has 0 saturated heterocycles. The molecular weight excluding hydrogens is 270 g/mol. The average Bonchev–Trinajstić information content (AvgIpc) is 2.48. The lowest BCUT2D eigenvalue weighted by Crippen LogP contribution is -2.51. The third kappa shape index (κ3) is 2.83. The van der Waals surface area contributed by atoms with Crippen LogP contribution in [0.15, 0.2) is 24.3 Å². The molecule has 0 bridgehead atoms. The van der Waals surface area contributed by atoms with Gasteiger partial charge >= 0.3 is 0 Å². The zero-order chi connectivity index (χ0) is 14.7. The van der Waals surface area contributed by atoms with E-state index < -0.39 is 0 Å². The van der Waals surface area contributed by atoms with Crippen LogP contribution in [-0.2, 0) is 9.53 Å². The van der Waals surface area contributed by atoms with Gasteiger partial charge in [-0.05, 0) is 25.0 Å². The van der Waals surface area contributed by atoms with Gasteiger partial charge in [-0.2, -0.15) is 0 Å². The minimum Gasteiger partial charge on any atom is -0.486 e. The number of hydrogen-bond donors (Lipinski definition) is 1. The van der Waals surface area contributed by atoms with Gasteiger partial charge in [-0.15, -0.1) is 0 Å². The smallest absolute Gasteiger partial charge is 0.228 e. The Kier molecular flexibility index (Phi) is 4.01. The van der Waals surface area contributed by atoms with Crippen LogP contribution in [-0.4, -0.2) is 38.9 Å². The van der Waals surface area contributed by atoms with Gasteiger partial charge in [0.2, 0.25) is 5.91 Å². The predicted octanol–water partition coefficient (Wildman–Crippen LogP) is 1.76. The van der Waals surface area contributed by atoms with Gasteiger partial charge in [0.15, 0.2) is 11.5 Å². The molecule has 1 aliphatic heterocycles. The first-order chi connectivity index (χ1) is 10.2.